The van der Waals surface area contributed by atoms with E-state index in [9.17, 15) is 4.79 Å². The molecule has 0 bridgehead atoms. The number of aromatic nitrogens is 1. The number of carbonyl (C=O) groups is 1. The summed E-state index contributed by atoms with van der Waals surface area (Å²) < 4.78 is 6.02. The van der Waals surface area contributed by atoms with Crippen molar-refractivity contribution >= 4 is 5.91 Å². The zero-order valence-corrected chi connectivity index (χ0v) is 15.0. The highest BCUT2D eigenvalue weighted by atomic mass is 16.5. The van der Waals surface area contributed by atoms with E-state index in [4.69, 9.17) is 4.74 Å². The van der Waals surface area contributed by atoms with Gasteiger partial charge in [0.1, 0.15) is 11.9 Å². The Kier molecular flexibility index (Phi) is 5.16. The third-order valence-electron chi connectivity index (χ3n) is 5.36. The summed E-state index contributed by atoms with van der Waals surface area (Å²) in [5, 5.41) is 0. The van der Waals surface area contributed by atoms with Crippen molar-refractivity contribution in [1.29, 1.82) is 0 Å². The van der Waals surface area contributed by atoms with Gasteiger partial charge in [-0.25, -0.2) is 0 Å². The van der Waals surface area contributed by atoms with Crippen molar-refractivity contribution in [2.24, 2.45) is 0 Å². The number of hydrogen-bond acceptors (Lipinski definition) is 4. The molecule has 0 atom stereocenters. The highest BCUT2D eigenvalue weighted by Crippen LogP contribution is 2.20. The van der Waals surface area contributed by atoms with E-state index < -0.39 is 0 Å². The molecule has 1 fully saturated rings. The van der Waals surface area contributed by atoms with Gasteiger partial charge in [0, 0.05) is 50.7 Å². The molecule has 3 heterocycles. The van der Waals surface area contributed by atoms with Crippen molar-refractivity contribution in [1.82, 2.24) is 14.8 Å². The molecule has 1 aromatic heterocycles. The maximum atomic E-state index is 12.6. The number of likely N-dealkylation sites (tertiary alicyclic amines) is 1. The van der Waals surface area contributed by atoms with Gasteiger partial charge in [-0.2, -0.15) is 0 Å². The summed E-state index contributed by atoms with van der Waals surface area (Å²) in [7, 11) is 0. The van der Waals surface area contributed by atoms with Crippen LogP contribution in [0.1, 0.15) is 28.8 Å². The van der Waals surface area contributed by atoms with Crippen LogP contribution in [0.25, 0.3) is 0 Å². The number of pyridine rings is 1. The third kappa shape index (κ3) is 3.88. The summed E-state index contributed by atoms with van der Waals surface area (Å²) in [5.41, 5.74) is 2.06. The predicted octanol–water partition coefficient (Wildman–Crippen LogP) is 2.62. The summed E-state index contributed by atoms with van der Waals surface area (Å²) in [6.07, 6.45) is 6.82. The second kappa shape index (κ2) is 7.87. The van der Waals surface area contributed by atoms with E-state index in [1.165, 1.54) is 5.56 Å². The Hall–Kier alpha value is -2.40. The Bertz CT molecular complexity index is 742. The van der Waals surface area contributed by atoms with Crippen molar-refractivity contribution < 1.29 is 9.53 Å². The van der Waals surface area contributed by atoms with E-state index in [2.05, 4.69) is 16.0 Å². The fraction of sp³-hybridized carbons (Fsp3) is 0.429. The quantitative estimate of drug-likeness (QED) is 0.831. The van der Waals surface area contributed by atoms with Gasteiger partial charge in [0.05, 0.1) is 0 Å². The van der Waals surface area contributed by atoms with Crippen molar-refractivity contribution in [3.05, 3.63) is 59.9 Å². The monoisotopic (exact) mass is 351 g/mol. The van der Waals surface area contributed by atoms with Crippen LogP contribution in [0.4, 0.5) is 0 Å². The number of rotatable bonds is 5. The van der Waals surface area contributed by atoms with Crippen LogP contribution in [-0.4, -0.2) is 59.5 Å². The molecule has 2 aliphatic heterocycles. The molecule has 2 aromatic rings. The summed E-state index contributed by atoms with van der Waals surface area (Å²) in [5.74, 6) is 1.08. The number of ether oxygens (including phenoxy) is 1. The predicted molar refractivity (Wildman–Crippen MR) is 100 cm³/mol. The minimum atomic E-state index is 0.183. The summed E-state index contributed by atoms with van der Waals surface area (Å²) in [4.78, 5) is 21.1. The molecule has 0 unspecified atom stereocenters. The number of amides is 1. The second-order valence-electron chi connectivity index (χ2n) is 7.04. The Morgan fingerprint density at radius 2 is 1.77 bits per heavy atom. The van der Waals surface area contributed by atoms with Crippen LogP contribution in [0.2, 0.25) is 0 Å². The molecule has 0 saturated carbocycles. The highest BCUT2D eigenvalue weighted by Gasteiger charge is 2.25. The lowest BCUT2D eigenvalue weighted by molar-refractivity contribution is 0.0667. The highest BCUT2D eigenvalue weighted by molar-refractivity contribution is 5.96. The SMILES string of the molecule is O=C1c2ccccc2CCN1CCN1CCC(Oc2ccncc2)CC1. The molecule has 0 radical (unpaired) electrons. The van der Waals surface area contributed by atoms with E-state index in [1.807, 2.05) is 35.2 Å². The number of hydrogen-bond donors (Lipinski definition) is 0. The summed E-state index contributed by atoms with van der Waals surface area (Å²) in [6.45, 7) is 4.62. The normalized spacial score (nSPS) is 18.6. The molecule has 4 rings (SSSR count). The van der Waals surface area contributed by atoms with E-state index >= 15 is 0 Å². The number of benzene rings is 1. The Morgan fingerprint density at radius 1 is 1.00 bits per heavy atom. The molecule has 0 spiro atoms. The van der Waals surface area contributed by atoms with Gasteiger partial charge in [-0.3, -0.25) is 9.78 Å². The minimum absolute atomic E-state index is 0.183. The molecule has 5 nitrogen and oxygen atoms in total. The van der Waals surface area contributed by atoms with Crippen LogP contribution in [-0.2, 0) is 6.42 Å². The van der Waals surface area contributed by atoms with E-state index in [0.29, 0.717) is 0 Å². The number of nitrogens with zero attached hydrogens (tertiary/aromatic N) is 3. The molecule has 5 heteroatoms. The smallest absolute Gasteiger partial charge is 0.254 e. The van der Waals surface area contributed by atoms with Crippen LogP contribution in [0.3, 0.4) is 0 Å². The van der Waals surface area contributed by atoms with Gasteiger partial charge in [-0.15, -0.1) is 0 Å². The molecule has 0 aliphatic carbocycles. The van der Waals surface area contributed by atoms with Gasteiger partial charge < -0.3 is 14.5 Å². The first kappa shape index (κ1) is 17.0. The maximum absolute atomic E-state index is 12.6. The molecule has 136 valence electrons. The first-order valence-corrected chi connectivity index (χ1v) is 9.46. The van der Waals surface area contributed by atoms with Crippen LogP contribution < -0.4 is 4.74 Å². The average molecular weight is 351 g/mol. The summed E-state index contributed by atoms with van der Waals surface area (Å²) >= 11 is 0. The molecule has 26 heavy (non-hydrogen) atoms. The fourth-order valence-corrected chi connectivity index (χ4v) is 3.81. The van der Waals surface area contributed by atoms with E-state index in [-0.39, 0.29) is 12.0 Å². The van der Waals surface area contributed by atoms with Crippen molar-refractivity contribution in [3.8, 4) is 5.75 Å². The first-order chi connectivity index (χ1) is 12.8. The Labute approximate surface area is 154 Å². The largest absolute Gasteiger partial charge is 0.490 e. The molecule has 1 saturated heterocycles. The van der Waals surface area contributed by atoms with Crippen molar-refractivity contribution in [3.63, 3.8) is 0 Å². The number of fused-ring (bicyclic) bond motifs is 1. The van der Waals surface area contributed by atoms with Crippen molar-refractivity contribution in [2.75, 3.05) is 32.7 Å². The minimum Gasteiger partial charge on any atom is -0.490 e. The van der Waals surface area contributed by atoms with Gasteiger partial charge in [-0.05, 0) is 43.0 Å². The standard InChI is InChI=1S/C21H25N3O2/c25-21-20-4-2-1-3-17(20)7-14-24(21)16-15-23-12-8-19(9-13-23)26-18-5-10-22-11-6-18/h1-6,10-11,19H,7-9,12-16H2. The molecule has 2 aliphatic rings. The van der Waals surface area contributed by atoms with Gasteiger partial charge in [0.25, 0.3) is 5.91 Å². The molecule has 1 amide bonds. The Balaban J connectivity index is 1.24. The number of carbonyl (C=O) groups excluding carboxylic acids is 1. The average Bonchev–Trinajstić information content (AvgIpc) is 2.70. The van der Waals surface area contributed by atoms with Gasteiger partial charge >= 0.3 is 0 Å². The second-order valence-corrected chi connectivity index (χ2v) is 7.04. The van der Waals surface area contributed by atoms with Crippen LogP contribution in [0.5, 0.6) is 5.75 Å². The van der Waals surface area contributed by atoms with Crippen LogP contribution >= 0.6 is 0 Å². The van der Waals surface area contributed by atoms with E-state index in [0.717, 1.165) is 63.3 Å². The third-order valence-corrected chi connectivity index (χ3v) is 5.36. The molecule has 0 N–H and O–H groups in total. The lowest BCUT2D eigenvalue weighted by Gasteiger charge is -2.35. The van der Waals surface area contributed by atoms with Crippen LogP contribution in [0.15, 0.2) is 48.8 Å². The fourth-order valence-electron chi connectivity index (χ4n) is 3.81. The topological polar surface area (TPSA) is 45.7 Å². The Morgan fingerprint density at radius 3 is 2.58 bits per heavy atom. The number of piperidine rings is 1. The van der Waals surface area contributed by atoms with Crippen molar-refractivity contribution in [2.45, 2.75) is 25.4 Å². The molecular weight excluding hydrogens is 326 g/mol. The summed E-state index contributed by atoms with van der Waals surface area (Å²) in [6, 6.07) is 11.8. The van der Waals surface area contributed by atoms with E-state index in [1.54, 1.807) is 12.4 Å². The first-order valence-electron chi connectivity index (χ1n) is 9.46. The van der Waals surface area contributed by atoms with Crippen LogP contribution in [0, 0.1) is 0 Å². The van der Waals surface area contributed by atoms with Gasteiger partial charge in [0.2, 0.25) is 0 Å². The van der Waals surface area contributed by atoms with Gasteiger partial charge in [-0.1, -0.05) is 18.2 Å². The zero-order valence-electron chi connectivity index (χ0n) is 15.0. The lowest BCUT2D eigenvalue weighted by atomic mass is 9.99. The van der Waals surface area contributed by atoms with Gasteiger partial charge in [0.15, 0.2) is 0 Å². The molecule has 1 aromatic carbocycles. The zero-order chi connectivity index (χ0) is 17.8. The lowest BCUT2D eigenvalue weighted by Crippen LogP contribution is -2.45. The molecular formula is C21H25N3O2. The maximum Gasteiger partial charge on any atom is 0.254 e.